The van der Waals surface area contributed by atoms with Gasteiger partial charge in [0.05, 0.1) is 11.0 Å². The summed E-state index contributed by atoms with van der Waals surface area (Å²) < 4.78 is 2.44. The minimum Gasteiger partial charge on any atom is -0.310 e. The molecule has 2 heteroatoms. The highest BCUT2D eigenvalue weighted by molar-refractivity contribution is 6.10. The van der Waals surface area contributed by atoms with Gasteiger partial charge in [-0.05, 0) is 208 Å². The van der Waals surface area contributed by atoms with Gasteiger partial charge in [0.25, 0.3) is 0 Å². The zero-order chi connectivity index (χ0) is 54.9. The molecule has 0 saturated heterocycles. The van der Waals surface area contributed by atoms with E-state index in [1.807, 2.05) is 0 Å². The molecule has 6 atom stereocenters. The first-order valence-corrected chi connectivity index (χ1v) is 30.6. The van der Waals surface area contributed by atoms with E-state index in [-0.39, 0.29) is 16.2 Å². The molecule has 0 N–H and O–H groups in total. The Kier molecular flexibility index (Phi) is 11.0. The van der Waals surface area contributed by atoms with Crippen molar-refractivity contribution in [1.82, 2.24) is 4.57 Å². The summed E-state index contributed by atoms with van der Waals surface area (Å²) in [6, 6.07) is 103. The van der Waals surface area contributed by atoms with Gasteiger partial charge in [0.2, 0.25) is 0 Å². The predicted octanol–water partition coefficient (Wildman–Crippen LogP) is 21.3. The second kappa shape index (κ2) is 18.8. The van der Waals surface area contributed by atoms with Crippen LogP contribution in [0, 0.1) is 12.8 Å². The summed E-state index contributed by atoms with van der Waals surface area (Å²) in [5.41, 5.74) is 26.9. The van der Waals surface area contributed by atoms with Crippen LogP contribution < -0.4 is 4.90 Å². The fourth-order valence-electron chi connectivity index (χ4n) is 18.5. The van der Waals surface area contributed by atoms with Crippen LogP contribution in [0.5, 0.6) is 0 Å². The maximum atomic E-state index is 2.75. The highest BCUT2D eigenvalue weighted by Crippen LogP contribution is 2.76. The van der Waals surface area contributed by atoms with Crippen LogP contribution in [-0.4, -0.2) is 4.57 Å². The molecule has 11 aromatic carbocycles. The fourth-order valence-corrected chi connectivity index (χ4v) is 18.5. The van der Waals surface area contributed by atoms with Gasteiger partial charge in [-0.3, -0.25) is 0 Å². The Hall–Kier alpha value is -8.98. The van der Waals surface area contributed by atoms with Crippen molar-refractivity contribution in [3.8, 4) is 50.2 Å². The Morgan fingerprint density at radius 2 is 0.855 bits per heavy atom. The Balaban J connectivity index is 0.952. The maximum Gasteiger partial charge on any atom is 0.0542 e. The summed E-state index contributed by atoms with van der Waals surface area (Å²) in [5, 5.41) is 2.50. The van der Waals surface area contributed by atoms with Gasteiger partial charge in [-0.2, -0.15) is 0 Å². The van der Waals surface area contributed by atoms with E-state index in [4.69, 9.17) is 0 Å². The van der Waals surface area contributed by atoms with Crippen molar-refractivity contribution in [2.75, 3.05) is 4.90 Å². The SMILES string of the molecule is Cc1ccccc1-c1ccccc1C12CCCC34CC(CCC5(CC(C1)c1ccccc1-c1ccccc15)C23)c1ccccc1-c1ccc(N(c2ccc(-c3ccccc3)cc2)c2ccc3c(c2)c2ccccc2n3-c2ccccc2)cc14. The lowest BCUT2D eigenvalue weighted by Gasteiger charge is -2.66. The van der Waals surface area contributed by atoms with Crippen LogP contribution in [0.4, 0.5) is 17.1 Å². The molecule has 0 radical (unpaired) electrons. The Morgan fingerprint density at radius 1 is 0.361 bits per heavy atom. The fraction of sp³-hybridized carbons (Fsp3) is 0.185. The second-order valence-electron chi connectivity index (χ2n) is 25.2. The zero-order valence-corrected chi connectivity index (χ0v) is 47.2. The van der Waals surface area contributed by atoms with E-state index in [0.717, 1.165) is 30.6 Å². The molecule has 5 aliphatic rings. The minimum absolute atomic E-state index is 0.114. The largest absolute Gasteiger partial charge is 0.310 e. The van der Waals surface area contributed by atoms with Crippen molar-refractivity contribution >= 4 is 38.9 Å². The van der Waals surface area contributed by atoms with E-state index in [0.29, 0.717) is 17.8 Å². The number of fused-ring (bicyclic) bond motifs is 13. The third kappa shape index (κ3) is 7.21. The Labute approximate surface area is 488 Å². The highest BCUT2D eigenvalue weighted by atomic mass is 15.1. The van der Waals surface area contributed by atoms with Crippen LogP contribution in [0.1, 0.15) is 96.6 Å². The van der Waals surface area contributed by atoms with Crippen molar-refractivity contribution in [2.24, 2.45) is 5.92 Å². The molecule has 0 amide bonds. The first kappa shape index (κ1) is 48.7. The Bertz CT molecular complexity index is 4510. The van der Waals surface area contributed by atoms with Gasteiger partial charge in [0.1, 0.15) is 0 Å². The lowest BCUT2D eigenvalue weighted by Crippen LogP contribution is -2.63. The number of hydrogen-bond donors (Lipinski definition) is 0. The second-order valence-corrected chi connectivity index (χ2v) is 25.2. The number of aromatic nitrogens is 1. The molecule has 83 heavy (non-hydrogen) atoms. The monoisotopic (exact) mass is 1070 g/mol. The summed E-state index contributed by atoms with van der Waals surface area (Å²) >= 11 is 0. The molecule has 1 aromatic heterocycles. The first-order valence-electron chi connectivity index (χ1n) is 30.6. The number of hydrogen-bond acceptors (Lipinski definition) is 1. The van der Waals surface area contributed by atoms with Gasteiger partial charge in [-0.15, -0.1) is 0 Å². The molecule has 4 bridgehead atoms. The van der Waals surface area contributed by atoms with Crippen molar-refractivity contribution in [3.63, 3.8) is 0 Å². The van der Waals surface area contributed by atoms with Crippen molar-refractivity contribution < 1.29 is 0 Å². The molecule has 0 aliphatic heterocycles. The van der Waals surface area contributed by atoms with Crippen LogP contribution >= 0.6 is 0 Å². The smallest absolute Gasteiger partial charge is 0.0542 e. The van der Waals surface area contributed by atoms with E-state index in [1.165, 1.54) is 115 Å². The van der Waals surface area contributed by atoms with Crippen LogP contribution in [0.2, 0.25) is 0 Å². The summed E-state index contributed by atoms with van der Waals surface area (Å²) in [6.45, 7) is 2.33. The summed E-state index contributed by atoms with van der Waals surface area (Å²) in [4.78, 5) is 2.60. The molecule has 3 saturated carbocycles. The van der Waals surface area contributed by atoms with Gasteiger partial charge in [-0.25, -0.2) is 0 Å². The standard InChI is InChI=1S/C81H66N2/c1-54-21-8-9-26-63(54)68-31-14-17-34-73(68)79-46-20-47-80-51-57(45-48-81(78(79)80)53-58(52-79)65-28-11-13-30-67(65)69-32-15-18-35-74(69)81)64-27-10-12-29-66(64)70-43-41-62(50-75(70)80)82(60-39-37-56(38-40-60)55-22-4-2-5-23-55)61-42-44-77-72(49-61)71-33-16-19-36-76(71)83(77)59-24-6-3-7-25-59/h2-19,21-44,49-50,57-58,78H,20,45-48,51-53H2,1H3. The molecule has 2 spiro atoms. The van der Waals surface area contributed by atoms with Gasteiger partial charge >= 0.3 is 0 Å². The van der Waals surface area contributed by atoms with E-state index in [2.05, 4.69) is 283 Å². The van der Waals surface area contributed by atoms with Gasteiger partial charge < -0.3 is 9.47 Å². The van der Waals surface area contributed by atoms with Crippen molar-refractivity contribution in [2.45, 2.75) is 86.4 Å². The molecule has 12 aromatic rings. The van der Waals surface area contributed by atoms with Crippen molar-refractivity contribution in [1.29, 1.82) is 0 Å². The number of benzene rings is 11. The summed E-state index contributed by atoms with van der Waals surface area (Å²) in [5.74, 6) is 1.12. The number of rotatable bonds is 7. The van der Waals surface area contributed by atoms with Gasteiger partial charge in [0, 0.05) is 49.8 Å². The molecule has 1 heterocycles. The first-order chi connectivity index (χ1) is 41.0. The number of aryl methyl sites for hydroxylation is 1. The Morgan fingerprint density at radius 3 is 1.58 bits per heavy atom. The third-order valence-electron chi connectivity index (χ3n) is 21.4. The zero-order valence-electron chi connectivity index (χ0n) is 47.2. The van der Waals surface area contributed by atoms with E-state index in [1.54, 1.807) is 27.8 Å². The van der Waals surface area contributed by atoms with Crippen molar-refractivity contribution in [3.05, 3.63) is 300 Å². The maximum absolute atomic E-state index is 2.75. The van der Waals surface area contributed by atoms with E-state index < -0.39 is 0 Å². The number of nitrogens with zero attached hydrogens (tertiary/aromatic N) is 2. The molecular weight excluding hydrogens is 1000 g/mol. The predicted molar refractivity (Wildman–Crippen MR) is 346 cm³/mol. The topological polar surface area (TPSA) is 8.17 Å². The average Bonchev–Trinajstić information content (AvgIpc) is 1.89. The van der Waals surface area contributed by atoms with Crippen LogP contribution in [0.25, 0.3) is 72.0 Å². The molecule has 17 rings (SSSR count). The average molecular weight is 1070 g/mol. The summed E-state index contributed by atoms with van der Waals surface area (Å²) in [7, 11) is 0. The highest BCUT2D eigenvalue weighted by Gasteiger charge is 2.69. The molecule has 6 unspecified atom stereocenters. The van der Waals surface area contributed by atoms with Crippen LogP contribution in [-0.2, 0) is 16.2 Å². The molecule has 5 aliphatic carbocycles. The van der Waals surface area contributed by atoms with E-state index >= 15 is 0 Å². The molecule has 400 valence electrons. The normalized spacial score (nSPS) is 22.6. The lowest BCUT2D eigenvalue weighted by atomic mass is 9.37. The number of anilines is 3. The van der Waals surface area contributed by atoms with E-state index in [9.17, 15) is 0 Å². The minimum atomic E-state index is -0.187. The molecule has 2 nitrogen and oxygen atoms in total. The summed E-state index contributed by atoms with van der Waals surface area (Å²) in [6.07, 6.45) is 9.28. The number of para-hydroxylation sites is 2. The van der Waals surface area contributed by atoms with Gasteiger partial charge in [-0.1, -0.05) is 213 Å². The lowest BCUT2D eigenvalue weighted by molar-refractivity contribution is -0.0339. The third-order valence-corrected chi connectivity index (χ3v) is 21.4. The van der Waals surface area contributed by atoms with Crippen LogP contribution in [0.3, 0.4) is 0 Å². The van der Waals surface area contributed by atoms with Gasteiger partial charge in [0.15, 0.2) is 0 Å². The van der Waals surface area contributed by atoms with Crippen LogP contribution in [0.15, 0.2) is 267 Å². The molecule has 3 fully saturated rings. The quantitative estimate of drug-likeness (QED) is 0.154. The molecular formula is C81H66N2.